The third-order valence-corrected chi connectivity index (χ3v) is 4.55. The summed E-state index contributed by atoms with van der Waals surface area (Å²) in [7, 11) is 0. The van der Waals surface area contributed by atoms with Crippen LogP contribution in [0.25, 0.3) is 0 Å². The molecule has 0 saturated carbocycles. The van der Waals surface area contributed by atoms with E-state index in [4.69, 9.17) is 0 Å². The lowest BCUT2D eigenvalue weighted by Gasteiger charge is -2.25. The van der Waals surface area contributed by atoms with Gasteiger partial charge in [-0.25, -0.2) is 4.39 Å². The molecule has 0 spiro atoms. The Morgan fingerprint density at radius 1 is 1.27 bits per heavy atom. The van der Waals surface area contributed by atoms with Crippen molar-refractivity contribution in [3.05, 3.63) is 35.6 Å². The van der Waals surface area contributed by atoms with Gasteiger partial charge in [0.1, 0.15) is 5.82 Å². The molecule has 22 heavy (non-hydrogen) atoms. The molecule has 1 aliphatic rings. The maximum atomic E-state index is 13.3. The Bertz CT molecular complexity index is 474. The molecule has 0 N–H and O–H groups in total. The quantitative estimate of drug-likeness (QED) is 0.636. The Kier molecular flexibility index (Phi) is 6.88. The Labute approximate surface area is 133 Å². The van der Waals surface area contributed by atoms with Gasteiger partial charge in [0.2, 0.25) is 5.91 Å². The lowest BCUT2D eigenvalue weighted by atomic mass is 10.0. The van der Waals surface area contributed by atoms with Crippen LogP contribution in [0.3, 0.4) is 0 Å². The van der Waals surface area contributed by atoms with Crippen LogP contribution in [-0.2, 0) is 11.2 Å². The first-order valence-electron chi connectivity index (χ1n) is 8.74. The van der Waals surface area contributed by atoms with Gasteiger partial charge in [-0.3, -0.25) is 4.79 Å². The molecule has 2 nitrogen and oxygen atoms in total. The van der Waals surface area contributed by atoms with Gasteiger partial charge in [-0.2, -0.15) is 0 Å². The largest absolute Gasteiger partial charge is 0.339 e. The molecule has 0 aliphatic carbocycles. The molecule has 1 aromatic carbocycles. The van der Waals surface area contributed by atoms with Gasteiger partial charge in [0.15, 0.2) is 0 Å². The Morgan fingerprint density at radius 3 is 2.86 bits per heavy atom. The first kappa shape index (κ1) is 17.0. The number of rotatable bonds is 8. The van der Waals surface area contributed by atoms with E-state index >= 15 is 0 Å². The topological polar surface area (TPSA) is 20.3 Å². The molecule has 122 valence electrons. The van der Waals surface area contributed by atoms with Gasteiger partial charge in [0, 0.05) is 19.0 Å². The van der Waals surface area contributed by atoms with Crippen molar-refractivity contribution in [3.8, 4) is 0 Å². The van der Waals surface area contributed by atoms with E-state index < -0.39 is 0 Å². The van der Waals surface area contributed by atoms with Crippen LogP contribution in [-0.4, -0.2) is 23.4 Å². The van der Waals surface area contributed by atoms with E-state index in [2.05, 4.69) is 6.92 Å². The number of hydrogen-bond donors (Lipinski definition) is 0. The van der Waals surface area contributed by atoms with Crippen molar-refractivity contribution in [2.45, 2.75) is 70.8 Å². The van der Waals surface area contributed by atoms with Gasteiger partial charge in [-0.05, 0) is 43.4 Å². The predicted octanol–water partition coefficient (Wildman–Crippen LogP) is 4.72. The van der Waals surface area contributed by atoms with Gasteiger partial charge in [0.25, 0.3) is 0 Å². The summed E-state index contributed by atoms with van der Waals surface area (Å²) in [6.07, 6.45) is 9.44. The van der Waals surface area contributed by atoms with Crippen LogP contribution in [0.2, 0.25) is 0 Å². The maximum absolute atomic E-state index is 13.3. The second-order valence-corrected chi connectivity index (χ2v) is 6.38. The monoisotopic (exact) mass is 305 g/mol. The average Bonchev–Trinajstić information content (AvgIpc) is 2.95. The number of hydrogen-bond acceptors (Lipinski definition) is 1. The van der Waals surface area contributed by atoms with Crippen LogP contribution >= 0.6 is 0 Å². The van der Waals surface area contributed by atoms with Crippen molar-refractivity contribution >= 4 is 5.91 Å². The summed E-state index contributed by atoms with van der Waals surface area (Å²) in [6, 6.07) is 7.02. The molecule has 1 saturated heterocycles. The van der Waals surface area contributed by atoms with Crippen LogP contribution < -0.4 is 0 Å². The molecule has 1 aromatic rings. The highest BCUT2D eigenvalue weighted by Gasteiger charge is 2.28. The number of carbonyl (C=O) groups excluding carboxylic acids is 1. The van der Waals surface area contributed by atoms with E-state index in [1.54, 1.807) is 12.1 Å². The molecule has 1 amide bonds. The minimum absolute atomic E-state index is 0.190. The summed E-state index contributed by atoms with van der Waals surface area (Å²) in [4.78, 5) is 14.4. The van der Waals surface area contributed by atoms with E-state index in [1.807, 2.05) is 11.0 Å². The van der Waals surface area contributed by atoms with Crippen LogP contribution in [0.5, 0.6) is 0 Å². The van der Waals surface area contributed by atoms with E-state index in [0.717, 1.165) is 44.2 Å². The van der Waals surface area contributed by atoms with Gasteiger partial charge in [-0.1, -0.05) is 44.7 Å². The number of likely N-dealkylation sites (tertiary alicyclic amines) is 1. The van der Waals surface area contributed by atoms with E-state index in [0.29, 0.717) is 6.42 Å². The third kappa shape index (κ3) is 5.11. The molecule has 0 aromatic heterocycles. The van der Waals surface area contributed by atoms with Crippen molar-refractivity contribution in [3.63, 3.8) is 0 Å². The van der Waals surface area contributed by atoms with Crippen LogP contribution in [0.4, 0.5) is 4.39 Å². The Balaban J connectivity index is 1.80. The highest BCUT2D eigenvalue weighted by Crippen LogP contribution is 2.23. The van der Waals surface area contributed by atoms with Crippen LogP contribution in [0.15, 0.2) is 24.3 Å². The zero-order valence-electron chi connectivity index (χ0n) is 13.7. The smallest absolute Gasteiger partial charge is 0.222 e. The molecule has 0 radical (unpaired) electrons. The minimum atomic E-state index is -0.190. The van der Waals surface area contributed by atoms with Crippen LogP contribution in [0, 0.1) is 5.82 Å². The second kappa shape index (κ2) is 8.92. The number of carbonyl (C=O) groups is 1. The third-order valence-electron chi connectivity index (χ3n) is 4.55. The maximum Gasteiger partial charge on any atom is 0.222 e. The first-order chi connectivity index (χ1) is 10.7. The fourth-order valence-corrected chi connectivity index (χ4v) is 3.34. The van der Waals surface area contributed by atoms with Crippen molar-refractivity contribution in [1.29, 1.82) is 0 Å². The normalized spacial score (nSPS) is 17.9. The summed E-state index contributed by atoms with van der Waals surface area (Å²) in [6.45, 7) is 3.07. The zero-order valence-corrected chi connectivity index (χ0v) is 13.7. The molecular formula is C19H28FNO. The summed E-state index contributed by atoms with van der Waals surface area (Å²) in [5.74, 6) is 0.0969. The van der Waals surface area contributed by atoms with E-state index in [9.17, 15) is 9.18 Å². The zero-order chi connectivity index (χ0) is 15.8. The Hall–Kier alpha value is -1.38. The van der Waals surface area contributed by atoms with Gasteiger partial charge in [0.05, 0.1) is 0 Å². The number of halogens is 1. The fourth-order valence-electron chi connectivity index (χ4n) is 3.34. The second-order valence-electron chi connectivity index (χ2n) is 6.38. The first-order valence-corrected chi connectivity index (χ1v) is 8.74. The summed E-state index contributed by atoms with van der Waals surface area (Å²) in [5.41, 5.74) is 0.993. The van der Waals surface area contributed by atoms with Crippen molar-refractivity contribution in [2.24, 2.45) is 0 Å². The minimum Gasteiger partial charge on any atom is -0.339 e. The SMILES string of the molecule is CCCCCCCC(=O)N1CCCC1Cc1cccc(F)c1. The molecule has 1 atom stereocenters. The highest BCUT2D eigenvalue weighted by molar-refractivity contribution is 5.76. The molecule has 2 rings (SSSR count). The molecule has 1 heterocycles. The molecule has 3 heteroatoms. The lowest BCUT2D eigenvalue weighted by Crippen LogP contribution is -2.36. The van der Waals surface area contributed by atoms with Crippen molar-refractivity contribution < 1.29 is 9.18 Å². The van der Waals surface area contributed by atoms with Crippen LogP contribution in [0.1, 0.15) is 63.9 Å². The standard InChI is InChI=1S/C19H28FNO/c1-2-3-4-5-6-12-19(22)21-13-8-11-18(21)15-16-9-7-10-17(20)14-16/h7,9-10,14,18H,2-6,8,11-13,15H2,1H3. The number of amides is 1. The number of benzene rings is 1. The molecule has 0 bridgehead atoms. The summed E-state index contributed by atoms with van der Waals surface area (Å²) >= 11 is 0. The van der Waals surface area contributed by atoms with E-state index in [1.165, 1.54) is 25.3 Å². The fraction of sp³-hybridized carbons (Fsp3) is 0.632. The number of nitrogens with zero attached hydrogens (tertiary/aromatic N) is 1. The van der Waals surface area contributed by atoms with Gasteiger partial charge in [-0.15, -0.1) is 0 Å². The van der Waals surface area contributed by atoms with Crippen molar-refractivity contribution in [2.75, 3.05) is 6.54 Å². The summed E-state index contributed by atoms with van der Waals surface area (Å²) < 4.78 is 13.3. The predicted molar refractivity (Wildman–Crippen MR) is 88.2 cm³/mol. The lowest BCUT2D eigenvalue weighted by molar-refractivity contribution is -0.132. The van der Waals surface area contributed by atoms with E-state index in [-0.39, 0.29) is 17.8 Å². The van der Waals surface area contributed by atoms with Crippen molar-refractivity contribution in [1.82, 2.24) is 4.90 Å². The highest BCUT2D eigenvalue weighted by atomic mass is 19.1. The van der Waals surface area contributed by atoms with Gasteiger partial charge >= 0.3 is 0 Å². The Morgan fingerprint density at radius 2 is 2.09 bits per heavy atom. The number of unbranched alkanes of at least 4 members (excludes halogenated alkanes) is 4. The summed E-state index contributed by atoms with van der Waals surface area (Å²) in [5, 5.41) is 0. The molecular weight excluding hydrogens is 277 g/mol. The molecule has 1 unspecified atom stereocenters. The molecule has 1 aliphatic heterocycles. The molecule has 1 fully saturated rings. The average molecular weight is 305 g/mol. The van der Waals surface area contributed by atoms with Gasteiger partial charge < -0.3 is 4.90 Å².